The molecule has 0 radical (unpaired) electrons. The van der Waals surface area contributed by atoms with Crippen molar-refractivity contribution in [3.05, 3.63) is 269 Å². The zero-order valence-corrected chi connectivity index (χ0v) is 45.0. The van der Waals surface area contributed by atoms with Gasteiger partial charge in [-0.05, 0) is 211 Å². The van der Waals surface area contributed by atoms with Gasteiger partial charge in [0.05, 0.1) is 0 Å². The minimum absolute atomic E-state index is 0.0000881. The minimum Gasteiger partial charge on any atom is -0.204 e. The van der Waals surface area contributed by atoms with Gasteiger partial charge in [-0.1, -0.05) is 73.5 Å². The highest BCUT2D eigenvalue weighted by Gasteiger charge is 2.32. The molecule has 0 N–H and O–H groups in total. The van der Waals surface area contributed by atoms with Gasteiger partial charge >= 0.3 is 0 Å². The topological polar surface area (TPSA) is 0 Å². The lowest BCUT2D eigenvalue weighted by Crippen LogP contribution is -2.28. The number of hydrogen-bond donors (Lipinski definition) is 0. The van der Waals surface area contributed by atoms with Crippen molar-refractivity contribution in [3.63, 3.8) is 0 Å². The first kappa shape index (κ1) is 59.0. The molecule has 10 aromatic rings. The fraction of sp³-hybridized carbons (Fsp3) is 0. The fourth-order valence-corrected chi connectivity index (χ4v) is 18.6. The Morgan fingerprint density at radius 1 is 0.179 bits per heavy atom. The van der Waals surface area contributed by atoms with Crippen LogP contribution in [0.1, 0.15) is 0 Å². The Labute approximate surface area is 466 Å². The molecule has 0 saturated carbocycles. The van der Waals surface area contributed by atoms with Gasteiger partial charge < -0.3 is 0 Å². The highest BCUT2D eigenvalue weighted by Crippen LogP contribution is 2.48. The molecule has 0 aliphatic carbocycles. The Morgan fingerprint density at radius 2 is 0.333 bits per heavy atom. The van der Waals surface area contributed by atoms with Crippen LogP contribution in [0.5, 0.6) is 0 Å². The summed E-state index contributed by atoms with van der Waals surface area (Å²) in [5, 5.41) is -2.45. The maximum Gasteiger partial charge on any atom is 0.194 e. The Bertz CT molecular complexity index is 3770. The van der Waals surface area contributed by atoms with Crippen LogP contribution in [0.4, 0.5) is 79.0 Å². The summed E-state index contributed by atoms with van der Waals surface area (Å²) in [5.74, 6) is -31.9. The molecular formula is C63H33F18P3. The average Bonchev–Trinajstić information content (AvgIpc) is 1.34. The van der Waals surface area contributed by atoms with Crippen molar-refractivity contribution in [1.82, 2.24) is 0 Å². The fourth-order valence-electron chi connectivity index (χ4n) is 9.81. The van der Waals surface area contributed by atoms with Gasteiger partial charge in [-0.2, -0.15) is 0 Å². The molecule has 21 heteroatoms. The number of rotatable bonds is 12. The second-order valence-corrected chi connectivity index (χ2v) is 28.7. The quantitative estimate of drug-likeness (QED) is 0.0650. The lowest BCUT2D eigenvalue weighted by atomic mass is 9.93. The van der Waals surface area contributed by atoms with Crippen LogP contribution < -0.4 is 47.7 Å². The first-order chi connectivity index (χ1) is 39.6. The van der Waals surface area contributed by atoms with E-state index >= 15 is 52.7 Å². The van der Waals surface area contributed by atoms with Crippen LogP contribution in [0.15, 0.2) is 164 Å². The van der Waals surface area contributed by atoms with Crippen molar-refractivity contribution in [3.8, 4) is 33.4 Å². The van der Waals surface area contributed by atoms with Crippen molar-refractivity contribution in [2.24, 2.45) is 0 Å². The van der Waals surface area contributed by atoms with Crippen molar-refractivity contribution >= 4 is 87.3 Å². The molecule has 0 saturated heterocycles. The molecule has 426 valence electrons. The monoisotopic (exact) mass is 1220 g/mol. The molecule has 0 atom stereocenters. The summed E-state index contributed by atoms with van der Waals surface area (Å²) in [5.41, 5.74) is 1.06. The third kappa shape index (κ3) is 10.2. The maximum absolute atomic E-state index is 15.1. The average molecular weight is 1220 g/mol. The summed E-state index contributed by atoms with van der Waals surface area (Å²) in [6, 6.07) is 28.2. The molecule has 0 bridgehead atoms. The molecule has 0 fully saturated rings. The van der Waals surface area contributed by atoms with Gasteiger partial charge in [-0.25, -0.2) is 79.0 Å². The molecule has 10 rings (SSSR count). The van der Waals surface area contributed by atoms with Crippen LogP contribution in [0.2, 0.25) is 0 Å². The normalized spacial score (nSPS) is 12.1. The van der Waals surface area contributed by atoms with E-state index in [1.807, 2.05) is 0 Å². The summed E-state index contributed by atoms with van der Waals surface area (Å²) in [6.07, 6.45) is 12.7. The first-order valence-corrected chi connectivity index (χ1v) is 30.2. The van der Waals surface area contributed by atoms with Gasteiger partial charge in [0.25, 0.3) is 0 Å². The Morgan fingerprint density at radius 3 is 0.488 bits per heavy atom. The molecule has 10 aromatic carbocycles. The van der Waals surface area contributed by atoms with E-state index in [2.05, 4.69) is 18.9 Å². The lowest BCUT2D eigenvalue weighted by Gasteiger charge is -2.28. The van der Waals surface area contributed by atoms with Crippen LogP contribution in [-0.4, -0.2) is 18.9 Å². The molecule has 0 aliphatic heterocycles. The Balaban J connectivity index is 1.24. The Kier molecular flexibility index (Phi) is 15.5. The molecule has 0 aromatic heterocycles. The molecular weight excluding hydrogens is 1190 g/mol. The van der Waals surface area contributed by atoms with E-state index < -0.39 is 157 Å². The van der Waals surface area contributed by atoms with Crippen LogP contribution >= 0.6 is 20.7 Å². The summed E-state index contributed by atoms with van der Waals surface area (Å²) in [6.45, 7) is -12.1. The number of halogens is 18. The van der Waals surface area contributed by atoms with Crippen molar-refractivity contribution in [1.29, 1.82) is 0 Å². The highest BCUT2D eigenvalue weighted by atomic mass is 31.2. The van der Waals surface area contributed by atoms with Gasteiger partial charge in [-0.3, -0.25) is 0 Å². The van der Waals surface area contributed by atoms with E-state index in [1.54, 1.807) is 0 Å². The largest absolute Gasteiger partial charge is 0.204 e. The predicted octanol–water partition coefficient (Wildman–Crippen LogP) is 14.4. The minimum atomic E-state index is -4.03. The highest BCUT2D eigenvalue weighted by molar-refractivity contribution is 7.94. The predicted molar refractivity (Wildman–Crippen MR) is 299 cm³/mol. The van der Waals surface area contributed by atoms with E-state index in [-0.39, 0.29) is 49.3 Å². The number of benzene rings is 10. The second kappa shape index (κ2) is 22.1. The van der Waals surface area contributed by atoms with Crippen LogP contribution in [0, 0.1) is 105 Å². The van der Waals surface area contributed by atoms with Crippen LogP contribution in [0.3, 0.4) is 0 Å². The molecule has 84 heavy (non-hydrogen) atoms. The van der Waals surface area contributed by atoms with Gasteiger partial charge in [-0.15, -0.1) is 0 Å². The van der Waals surface area contributed by atoms with E-state index in [1.165, 1.54) is 91.0 Å². The van der Waals surface area contributed by atoms with E-state index in [4.69, 9.17) is 0 Å². The summed E-state index contributed by atoms with van der Waals surface area (Å²) >= 11 is 0. The van der Waals surface area contributed by atoms with Crippen molar-refractivity contribution < 1.29 is 79.0 Å². The molecule has 0 unspecified atom stereocenters. The summed E-state index contributed by atoms with van der Waals surface area (Å²) in [4.78, 5) is 0. The summed E-state index contributed by atoms with van der Waals surface area (Å²) < 4.78 is 269. The molecule has 0 amide bonds. The first-order valence-electron chi connectivity index (χ1n) is 24.2. The van der Waals surface area contributed by atoms with Gasteiger partial charge in [0.1, 0.15) is 0 Å². The molecule has 0 aliphatic rings. The van der Waals surface area contributed by atoms with E-state index in [0.29, 0.717) is 72.8 Å². The molecule has 0 spiro atoms. The van der Waals surface area contributed by atoms with Crippen molar-refractivity contribution in [2.75, 3.05) is 0 Å². The standard InChI is InChI=1S/C63H33F18P3/c1-82(40-19-46(64)58(76)47(65)20-40,41-21-48(66)59(77)49(67)22-41)37-10-4-7-31(16-37)34-13-35(32-8-5-11-38(17-32)83(2,42-23-50(68)60(78)51(69)24-42)43-25-52(70)61(79)53(71)26-43)15-36(14-34)33-9-6-12-39(18-33)84(3,44-27-54(72)62(80)55(73)28-44)45-29-56(74)63(81)57(75)30-45/h4-30H,1-3H2. The third-order valence-corrected chi connectivity index (χ3v) is 24.6. The lowest BCUT2D eigenvalue weighted by molar-refractivity contribution is 0.448. The second-order valence-electron chi connectivity index (χ2n) is 19.2. The van der Waals surface area contributed by atoms with E-state index in [9.17, 15) is 26.3 Å². The smallest absolute Gasteiger partial charge is 0.194 e. The Hall–Kier alpha value is -8.16. The SMILES string of the molecule is C=P(c1cccc(-c2cc(-c3cccc(P(=C)(c4cc(F)c(F)c(F)c4)c4cc(F)c(F)c(F)c4)c3)cc(-c3cccc(P(=C)(c4cc(F)c(F)c(F)c4)c4cc(F)c(F)c(F)c4)c3)c2)c1)(c1cc(F)c(F)c(F)c1)c1cc(F)c(F)c(F)c1. The van der Waals surface area contributed by atoms with Crippen LogP contribution in [0.25, 0.3) is 33.4 Å². The zero-order valence-electron chi connectivity index (χ0n) is 42.4. The summed E-state index contributed by atoms with van der Waals surface area (Å²) in [7, 11) is 0. The zero-order chi connectivity index (χ0) is 60.6. The van der Waals surface area contributed by atoms with Gasteiger partial charge in [0.15, 0.2) is 105 Å². The van der Waals surface area contributed by atoms with Crippen LogP contribution in [-0.2, 0) is 0 Å². The van der Waals surface area contributed by atoms with Crippen molar-refractivity contribution in [2.45, 2.75) is 0 Å². The van der Waals surface area contributed by atoms with E-state index in [0.717, 1.165) is 0 Å². The van der Waals surface area contributed by atoms with Gasteiger partial charge in [0.2, 0.25) is 0 Å². The maximum atomic E-state index is 15.1. The molecule has 0 heterocycles. The number of hydrogen-bond acceptors (Lipinski definition) is 0. The van der Waals surface area contributed by atoms with Gasteiger partial charge in [0, 0.05) is 0 Å². The molecule has 0 nitrogen and oxygen atoms in total. The third-order valence-electron chi connectivity index (χ3n) is 14.2.